The fraction of sp³-hybridized carbons (Fsp3) is 0.545. The van der Waals surface area contributed by atoms with Crippen LogP contribution in [0, 0.1) is 18.2 Å². The molecule has 0 radical (unpaired) electrons. The van der Waals surface area contributed by atoms with Crippen LogP contribution < -0.4 is 5.32 Å². The molecular formula is C22H27F4N3O3S. The van der Waals surface area contributed by atoms with Crippen molar-refractivity contribution in [3.05, 3.63) is 35.1 Å². The van der Waals surface area contributed by atoms with Crippen LogP contribution in [-0.2, 0) is 20.0 Å². The largest absolute Gasteiger partial charge is 0.444 e. The summed E-state index contributed by atoms with van der Waals surface area (Å²) in [5, 5.41) is 2.40. The maximum absolute atomic E-state index is 14.8. The minimum atomic E-state index is -4.71. The van der Waals surface area contributed by atoms with E-state index >= 15 is 0 Å². The SMILES string of the molecule is C#Cc1ccc(F)c([C@]2(C)C[S@@](=O)(=NCC(F)(F)F)C(C)(C)C(NC(=O)OC(C)(C)C)=N2)c1. The summed E-state index contributed by atoms with van der Waals surface area (Å²) in [6, 6.07) is 3.76. The van der Waals surface area contributed by atoms with Crippen molar-refractivity contribution in [3.8, 4) is 12.3 Å². The Morgan fingerprint density at radius 3 is 2.42 bits per heavy atom. The van der Waals surface area contributed by atoms with Crippen molar-refractivity contribution in [1.82, 2.24) is 5.32 Å². The number of alkyl carbamates (subject to hydrolysis) is 1. The third-order valence-corrected chi connectivity index (χ3v) is 8.28. The lowest BCUT2D eigenvalue weighted by molar-refractivity contribution is -0.117. The number of rotatable bonds is 2. The molecule has 1 aromatic carbocycles. The summed E-state index contributed by atoms with van der Waals surface area (Å²) in [5.41, 5.74) is -2.30. The number of amides is 1. The van der Waals surface area contributed by atoms with Gasteiger partial charge in [-0.3, -0.25) is 10.3 Å². The molecule has 0 bridgehead atoms. The number of ether oxygens (including phenoxy) is 1. The number of carbonyl (C=O) groups is 1. The number of nitrogens with zero attached hydrogens (tertiary/aromatic N) is 2. The third-order valence-electron chi connectivity index (χ3n) is 4.99. The summed E-state index contributed by atoms with van der Waals surface area (Å²) in [5.74, 6) is 0.862. The number of terminal acetylenes is 1. The first-order valence-corrected chi connectivity index (χ1v) is 11.6. The van der Waals surface area contributed by atoms with Crippen molar-refractivity contribution in [1.29, 1.82) is 0 Å². The van der Waals surface area contributed by atoms with Crippen LogP contribution in [0.25, 0.3) is 0 Å². The number of carbonyl (C=O) groups excluding carboxylic acids is 1. The lowest BCUT2D eigenvalue weighted by Crippen LogP contribution is -2.58. The van der Waals surface area contributed by atoms with Crippen molar-refractivity contribution in [2.24, 2.45) is 9.36 Å². The highest BCUT2D eigenvalue weighted by Crippen LogP contribution is 2.40. The smallest absolute Gasteiger partial charge is 0.413 e. The summed E-state index contributed by atoms with van der Waals surface area (Å²) in [7, 11) is -3.75. The molecule has 0 fully saturated rings. The molecule has 0 aliphatic carbocycles. The number of benzene rings is 1. The van der Waals surface area contributed by atoms with Crippen LogP contribution in [0.2, 0.25) is 0 Å². The Kier molecular flexibility index (Phi) is 6.97. The highest BCUT2D eigenvalue weighted by molar-refractivity contribution is 7.95. The molecule has 0 saturated heterocycles. The van der Waals surface area contributed by atoms with Crippen LogP contribution in [0.1, 0.15) is 52.7 Å². The molecule has 1 heterocycles. The van der Waals surface area contributed by atoms with Crippen LogP contribution in [0.3, 0.4) is 0 Å². The Morgan fingerprint density at radius 1 is 1.30 bits per heavy atom. The minimum Gasteiger partial charge on any atom is -0.444 e. The summed E-state index contributed by atoms with van der Waals surface area (Å²) in [4.78, 5) is 16.9. The van der Waals surface area contributed by atoms with E-state index in [1.807, 2.05) is 0 Å². The zero-order valence-electron chi connectivity index (χ0n) is 19.3. The fourth-order valence-electron chi connectivity index (χ4n) is 3.26. The van der Waals surface area contributed by atoms with Gasteiger partial charge in [-0.15, -0.1) is 6.42 Å². The second kappa shape index (κ2) is 8.63. The molecule has 1 aliphatic heterocycles. The second-order valence-corrected chi connectivity index (χ2v) is 12.2. The van der Waals surface area contributed by atoms with Gasteiger partial charge in [0.25, 0.3) is 0 Å². The fourth-order valence-corrected chi connectivity index (χ4v) is 5.77. The molecular weight excluding hydrogens is 462 g/mol. The van der Waals surface area contributed by atoms with Gasteiger partial charge in [0.2, 0.25) is 0 Å². The van der Waals surface area contributed by atoms with Gasteiger partial charge >= 0.3 is 12.3 Å². The van der Waals surface area contributed by atoms with E-state index in [4.69, 9.17) is 11.2 Å². The number of nitrogens with one attached hydrogen (secondary N) is 1. The van der Waals surface area contributed by atoms with E-state index in [0.29, 0.717) is 5.56 Å². The molecule has 6 nitrogen and oxygen atoms in total. The molecule has 0 saturated carbocycles. The monoisotopic (exact) mass is 489 g/mol. The maximum Gasteiger partial charge on any atom is 0.413 e. The molecule has 0 unspecified atom stereocenters. The molecule has 0 spiro atoms. The van der Waals surface area contributed by atoms with E-state index in [1.54, 1.807) is 20.8 Å². The first-order valence-electron chi connectivity index (χ1n) is 9.96. The van der Waals surface area contributed by atoms with E-state index in [0.717, 1.165) is 6.07 Å². The third kappa shape index (κ3) is 6.05. The molecule has 1 aliphatic rings. The number of aliphatic imine (C=N–C) groups is 1. The Morgan fingerprint density at radius 2 is 1.91 bits per heavy atom. The summed E-state index contributed by atoms with van der Waals surface area (Å²) in [6.45, 7) is 7.31. The summed E-state index contributed by atoms with van der Waals surface area (Å²) in [6.07, 6.45) is -0.256. The zero-order valence-corrected chi connectivity index (χ0v) is 20.1. The van der Waals surface area contributed by atoms with Gasteiger partial charge in [-0.2, -0.15) is 13.2 Å². The van der Waals surface area contributed by atoms with Crippen LogP contribution in [0.5, 0.6) is 0 Å². The highest BCUT2D eigenvalue weighted by atomic mass is 32.2. The maximum atomic E-state index is 14.8. The van der Waals surface area contributed by atoms with Crippen molar-refractivity contribution in [2.45, 2.75) is 63.6 Å². The van der Waals surface area contributed by atoms with Gasteiger partial charge in [0.05, 0.1) is 15.5 Å². The van der Waals surface area contributed by atoms with Gasteiger partial charge in [0.1, 0.15) is 34.1 Å². The number of amidine groups is 1. The van der Waals surface area contributed by atoms with Crippen molar-refractivity contribution < 1.29 is 31.3 Å². The van der Waals surface area contributed by atoms with Crippen LogP contribution in [0.4, 0.5) is 22.4 Å². The van der Waals surface area contributed by atoms with Gasteiger partial charge in [0, 0.05) is 11.1 Å². The average Bonchev–Trinajstić information content (AvgIpc) is 2.63. The van der Waals surface area contributed by atoms with E-state index in [-0.39, 0.29) is 11.4 Å². The van der Waals surface area contributed by atoms with Crippen molar-refractivity contribution in [3.63, 3.8) is 0 Å². The second-order valence-electron chi connectivity index (χ2n) is 9.40. The Labute approximate surface area is 191 Å². The van der Waals surface area contributed by atoms with Gasteiger partial charge in [-0.1, -0.05) is 5.92 Å². The van der Waals surface area contributed by atoms with Crippen LogP contribution in [0.15, 0.2) is 27.6 Å². The van der Waals surface area contributed by atoms with Crippen LogP contribution in [-0.4, -0.2) is 45.0 Å². The quantitative estimate of drug-likeness (QED) is 0.480. The topological polar surface area (TPSA) is 80.1 Å². The molecule has 33 heavy (non-hydrogen) atoms. The lowest BCUT2D eigenvalue weighted by atomic mass is 9.92. The molecule has 0 aromatic heterocycles. The number of halogens is 4. The molecule has 1 aromatic rings. The predicted molar refractivity (Wildman–Crippen MR) is 119 cm³/mol. The van der Waals surface area contributed by atoms with E-state index in [9.17, 15) is 26.6 Å². The zero-order chi connectivity index (χ0) is 25.5. The molecule has 182 valence electrons. The van der Waals surface area contributed by atoms with Crippen molar-refractivity contribution in [2.75, 3.05) is 12.3 Å². The first kappa shape index (κ1) is 26.6. The minimum absolute atomic E-state index is 0.0770. The predicted octanol–water partition coefficient (Wildman–Crippen LogP) is 4.77. The number of hydrogen-bond donors (Lipinski definition) is 1. The van der Waals surface area contributed by atoms with Crippen molar-refractivity contribution >= 4 is 21.7 Å². The molecule has 2 atom stereocenters. The lowest BCUT2D eigenvalue weighted by Gasteiger charge is -2.42. The molecule has 1 N–H and O–H groups in total. The average molecular weight is 490 g/mol. The Balaban J connectivity index is 2.74. The normalized spacial score (nSPS) is 24.9. The van der Waals surface area contributed by atoms with E-state index < -0.39 is 56.0 Å². The molecule has 2 rings (SSSR count). The number of hydrogen-bond acceptors (Lipinski definition) is 5. The summed E-state index contributed by atoms with van der Waals surface area (Å²) >= 11 is 0. The summed E-state index contributed by atoms with van der Waals surface area (Å²) < 4.78 is 74.8. The van der Waals surface area contributed by atoms with Gasteiger partial charge in [-0.25, -0.2) is 17.8 Å². The first-order chi connectivity index (χ1) is 14.8. The standard InChI is InChI=1S/C22H27F4N3O3S/c1-8-14-9-10-16(23)15(11-14)21(7)13-33(31,27-12-22(24,25)26)20(5,6)17(29-21)28-18(30)32-19(2,3)4/h1,9-11H,12-13H2,2-7H3,(H,28,29,30)/t21-,33-/m0/s1. The van der Waals surface area contributed by atoms with E-state index in [2.05, 4.69) is 20.6 Å². The Hall–Kier alpha value is -2.61. The molecule has 11 heteroatoms. The van der Waals surface area contributed by atoms with Gasteiger partial charge in [0.15, 0.2) is 0 Å². The number of alkyl halides is 3. The highest BCUT2D eigenvalue weighted by Gasteiger charge is 2.50. The molecule has 1 amide bonds. The van der Waals surface area contributed by atoms with Crippen LogP contribution >= 0.6 is 0 Å². The Bertz CT molecular complexity index is 1140. The van der Waals surface area contributed by atoms with Gasteiger partial charge < -0.3 is 4.74 Å². The van der Waals surface area contributed by atoms with E-state index in [1.165, 1.54) is 32.9 Å². The van der Waals surface area contributed by atoms with Gasteiger partial charge in [-0.05, 0) is 59.7 Å².